The second-order valence-corrected chi connectivity index (χ2v) is 7.76. The molecule has 1 saturated carbocycles. The first-order valence-corrected chi connectivity index (χ1v) is 9.75. The fourth-order valence-electron chi connectivity index (χ4n) is 4.16. The maximum absolute atomic E-state index is 12.9. The maximum atomic E-state index is 12.9. The molecule has 0 atom stereocenters. The van der Waals surface area contributed by atoms with Crippen LogP contribution in [0.15, 0.2) is 30.5 Å². The molecule has 1 aromatic carbocycles. The Kier molecular flexibility index (Phi) is 4.96. The molecule has 2 aromatic rings. The van der Waals surface area contributed by atoms with Crippen molar-refractivity contribution in [1.82, 2.24) is 25.6 Å². The maximum Gasteiger partial charge on any atom is 0.274 e. The molecule has 0 radical (unpaired) electrons. The van der Waals surface area contributed by atoms with Gasteiger partial charge in [-0.1, -0.05) is 41.8 Å². The van der Waals surface area contributed by atoms with Gasteiger partial charge in [-0.05, 0) is 56.5 Å². The third-order valence-corrected chi connectivity index (χ3v) is 5.85. The van der Waals surface area contributed by atoms with Crippen LogP contribution in [0.3, 0.4) is 0 Å². The Morgan fingerprint density at radius 1 is 1.27 bits per heavy atom. The van der Waals surface area contributed by atoms with Crippen LogP contribution in [0.5, 0.6) is 0 Å². The second-order valence-electron chi connectivity index (χ2n) is 7.32. The molecule has 1 amide bonds. The number of benzene rings is 1. The number of amides is 1. The number of hydrogen-bond acceptors (Lipinski definition) is 4. The lowest BCUT2D eigenvalue weighted by Gasteiger charge is -2.31. The monoisotopic (exact) mass is 373 g/mol. The minimum absolute atomic E-state index is 0.160. The highest BCUT2D eigenvalue weighted by atomic mass is 35.5. The number of nitrogens with one attached hydrogen (secondary N) is 2. The number of nitrogens with zero attached hydrogens (tertiary/aromatic N) is 3. The second kappa shape index (κ2) is 7.37. The first-order chi connectivity index (χ1) is 12.7. The van der Waals surface area contributed by atoms with Crippen molar-refractivity contribution in [2.75, 3.05) is 13.1 Å². The molecule has 2 fully saturated rings. The number of carbonyl (C=O) groups is 1. The molecule has 2 N–H and O–H groups in total. The van der Waals surface area contributed by atoms with Gasteiger partial charge in [0.15, 0.2) is 5.69 Å². The lowest BCUT2D eigenvalue weighted by molar-refractivity contribution is 0.0893. The van der Waals surface area contributed by atoms with E-state index < -0.39 is 0 Å². The van der Waals surface area contributed by atoms with Crippen molar-refractivity contribution in [2.45, 2.75) is 50.1 Å². The van der Waals surface area contributed by atoms with Crippen LogP contribution in [-0.2, 0) is 5.54 Å². The van der Waals surface area contributed by atoms with Crippen LogP contribution in [0.25, 0.3) is 0 Å². The van der Waals surface area contributed by atoms with Gasteiger partial charge in [-0.2, -0.15) is 0 Å². The summed E-state index contributed by atoms with van der Waals surface area (Å²) in [6.07, 6.45) is 7.83. The Bertz CT molecular complexity index is 778. The van der Waals surface area contributed by atoms with E-state index in [0.29, 0.717) is 16.8 Å². The van der Waals surface area contributed by atoms with Gasteiger partial charge >= 0.3 is 0 Å². The molecular weight excluding hydrogens is 350 g/mol. The molecular formula is C19H24ClN5O. The first-order valence-electron chi connectivity index (χ1n) is 9.37. The molecule has 4 rings (SSSR count). The Labute approximate surface area is 158 Å². The SMILES string of the molecule is O=C(NC1(c2cccc(Cl)c2)CCCC1)c1cn(C2CCNCC2)nn1. The van der Waals surface area contributed by atoms with E-state index >= 15 is 0 Å². The van der Waals surface area contributed by atoms with E-state index in [-0.39, 0.29) is 11.4 Å². The van der Waals surface area contributed by atoms with Gasteiger partial charge < -0.3 is 10.6 Å². The van der Waals surface area contributed by atoms with Crippen molar-refractivity contribution in [3.63, 3.8) is 0 Å². The van der Waals surface area contributed by atoms with Crippen LogP contribution < -0.4 is 10.6 Å². The highest BCUT2D eigenvalue weighted by Gasteiger charge is 2.38. The Morgan fingerprint density at radius 3 is 2.77 bits per heavy atom. The highest BCUT2D eigenvalue weighted by molar-refractivity contribution is 6.30. The summed E-state index contributed by atoms with van der Waals surface area (Å²) in [5, 5.41) is 15.6. The van der Waals surface area contributed by atoms with Crippen molar-refractivity contribution in [3.8, 4) is 0 Å². The van der Waals surface area contributed by atoms with Gasteiger partial charge in [-0.25, -0.2) is 4.68 Å². The van der Waals surface area contributed by atoms with E-state index in [1.807, 2.05) is 28.9 Å². The first kappa shape index (κ1) is 17.5. The molecule has 26 heavy (non-hydrogen) atoms. The quantitative estimate of drug-likeness (QED) is 0.864. The summed E-state index contributed by atoms with van der Waals surface area (Å²) in [6.45, 7) is 1.95. The lowest BCUT2D eigenvalue weighted by Crippen LogP contribution is -2.44. The zero-order valence-corrected chi connectivity index (χ0v) is 15.5. The molecule has 2 heterocycles. The van der Waals surface area contributed by atoms with Gasteiger partial charge in [0, 0.05) is 5.02 Å². The van der Waals surface area contributed by atoms with Crippen molar-refractivity contribution in [2.24, 2.45) is 0 Å². The molecule has 1 aliphatic heterocycles. The lowest BCUT2D eigenvalue weighted by atomic mass is 9.88. The van der Waals surface area contributed by atoms with Crippen molar-refractivity contribution < 1.29 is 4.79 Å². The summed E-state index contributed by atoms with van der Waals surface area (Å²) >= 11 is 6.18. The van der Waals surface area contributed by atoms with E-state index in [1.54, 1.807) is 6.20 Å². The van der Waals surface area contributed by atoms with E-state index in [0.717, 1.165) is 57.2 Å². The van der Waals surface area contributed by atoms with Crippen LogP contribution in [0.1, 0.15) is 60.6 Å². The summed E-state index contributed by atoms with van der Waals surface area (Å²) in [6, 6.07) is 8.12. The summed E-state index contributed by atoms with van der Waals surface area (Å²) in [4.78, 5) is 12.9. The molecule has 1 aromatic heterocycles. The summed E-state index contributed by atoms with van der Waals surface area (Å²) < 4.78 is 1.84. The topological polar surface area (TPSA) is 71.8 Å². The number of aromatic nitrogens is 3. The van der Waals surface area contributed by atoms with Crippen LogP contribution in [0.2, 0.25) is 5.02 Å². The van der Waals surface area contributed by atoms with Crippen LogP contribution in [0, 0.1) is 0 Å². The fourth-order valence-corrected chi connectivity index (χ4v) is 4.35. The standard InChI is InChI=1S/C19H24ClN5O/c20-15-5-3-4-14(12-15)19(8-1-2-9-19)22-18(26)17-13-25(24-23-17)16-6-10-21-11-7-16/h3-5,12-13,16,21H,1-2,6-11H2,(H,22,26). The van der Waals surface area contributed by atoms with Crippen molar-refractivity contribution >= 4 is 17.5 Å². The van der Waals surface area contributed by atoms with Gasteiger partial charge in [0.05, 0.1) is 17.8 Å². The van der Waals surface area contributed by atoms with Gasteiger partial charge in [0.25, 0.3) is 5.91 Å². The van der Waals surface area contributed by atoms with Crippen molar-refractivity contribution in [3.05, 3.63) is 46.7 Å². The van der Waals surface area contributed by atoms with Crippen molar-refractivity contribution in [1.29, 1.82) is 0 Å². The van der Waals surface area contributed by atoms with Gasteiger partial charge in [-0.3, -0.25) is 4.79 Å². The van der Waals surface area contributed by atoms with E-state index in [4.69, 9.17) is 11.6 Å². The van der Waals surface area contributed by atoms with Gasteiger partial charge in [-0.15, -0.1) is 5.10 Å². The third kappa shape index (κ3) is 3.48. The van der Waals surface area contributed by atoms with Crippen LogP contribution in [0.4, 0.5) is 0 Å². The van der Waals surface area contributed by atoms with Crippen LogP contribution in [-0.4, -0.2) is 34.0 Å². The molecule has 0 spiro atoms. The molecule has 138 valence electrons. The Morgan fingerprint density at radius 2 is 2.04 bits per heavy atom. The van der Waals surface area contributed by atoms with Gasteiger partial charge in [0.2, 0.25) is 0 Å². The summed E-state index contributed by atoms with van der Waals surface area (Å²) in [7, 11) is 0. The van der Waals surface area contributed by atoms with Gasteiger partial charge in [0.1, 0.15) is 0 Å². The van der Waals surface area contributed by atoms with E-state index in [1.165, 1.54) is 0 Å². The number of halogens is 1. The third-order valence-electron chi connectivity index (χ3n) is 5.61. The molecule has 1 aliphatic carbocycles. The summed E-state index contributed by atoms with van der Waals surface area (Å²) in [5.74, 6) is -0.160. The average molecular weight is 374 g/mol. The molecule has 0 bridgehead atoms. The van der Waals surface area contributed by atoms with E-state index in [2.05, 4.69) is 20.9 Å². The predicted octanol–water partition coefficient (Wildman–Crippen LogP) is 3.06. The number of rotatable bonds is 4. The largest absolute Gasteiger partial charge is 0.341 e. The zero-order valence-electron chi connectivity index (χ0n) is 14.7. The van der Waals surface area contributed by atoms with E-state index in [9.17, 15) is 4.79 Å². The molecule has 2 aliphatic rings. The Balaban J connectivity index is 1.53. The molecule has 6 nitrogen and oxygen atoms in total. The number of piperidine rings is 1. The number of hydrogen-bond donors (Lipinski definition) is 2. The Hall–Kier alpha value is -1.92. The molecule has 1 saturated heterocycles. The minimum Gasteiger partial charge on any atom is -0.341 e. The normalized spacial score (nSPS) is 20.2. The zero-order chi connectivity index (χ0) is 18.0. The fraction of sp³-hybridized carbons (Fsp3) is 0.526. The predicted molar refractivity (Wildman–Crippen MR) is 100 cm³/mol. The van der Waals surface area contributed by atoms with Crippen LogP contribution >= 0.6 is 11.6 Å². The summed E-state index contributed by atoms with van der Waals surface area (Å²) in [5.41, 5.74) is 1.10. The minimum atomic E-state index is -0.361. The molecule has 0 unspecified atom stereocenters. The number of carbonyl (C=O) groups excluding carboxylic acids is 1. The molecule has 7 heteroatoms. The smallest absolute Gasteiger partial charge is 0.274 e. The average Bonchev–Trinajstić information content (AvgIpc) is 3.33. The highest BCUT2D eigenvalue weighted by Crippen LogP contribution is 2.39.